The number of carbonyl (C=O) groups is 1. The first-order chi connectivity index (χ1) is 14.7. The Hall–Kier alpha value is -1.64. The quantitative estimate of drug-likeness (QED) is 0.603. The summed E-state index contributed by atoms with van der Waals surface area (Å²) in [4.78, 5) is 14.9. The predicted molar refractivity (Wildman–Crippen MR) is 123 cm³/mol. The van der Waals surface area contributed by atoms with Gasteiger partial charge in [0.25, 0.3) is 0 Å². The van der Waals surface area contributed by atoms with Crippen molar-refractivity contribution in [3.8, 4) is 0 Å². The lowest BCUT2D eigenvalue weighted by molar-refractivity contribution is -0.163. The number of hydrogen-bond acceptors (Lipinski definition) is 4. The summed E-state index contributed by atoms with van der Waals surface area (Å²) in [6.45, 7) is 2.05. The molecule has 3 atom stereocenters. The summed E-state index contributed by atoms with van der Waals surface area (Å²) in [5.41, 5.74) is 1.74. The normalized spacial score (nSPS) is 20.6. The molecule has 9 heteroatoms. The fraction of sp³-hybridized carbons (Fsp3) is 0.409. The van der Waals surface area contributed by atoms with Crippen LogP contribution < -0.4 is 4.72 Å². The van der Waals surface area contributed by atoms with Crippen molar-refractivity contribution in [3.05, 3.63) is 69.7 Å². The van der Waals surface area contributed by atoms with Crippen LogP contribution in [0.3, 0.4) is 0 Å². The van der Waals surface area contributed by atoms with Gasteiger partial charge in [0.2, 0.25) is 15.9 Å². The lowest BCUT2D eigenvalue weighted by atomic mass is 9.91. The van der Waals surface area contributed by atoms with Crippen molar-refractivity contribution in [2.24, 2.45) is 0 Å². The predicted octanol–water partition coefficient (Wildman–Crippen LogP) is 4.35. The molecular weight excluding hydrogens is 459 g/mol. The minimum absolute atomic E-state index is 0.0868. The molecule has 0 spiro atoms. The average molecular weight is 485 g/mol. The summed E-state index contributed by atoms with van der Waals surface area (Å²) in [5, 5.41) is 1.20. The number of nitrogens with one attached hydrogen (secondary N) is 1. The van der Waals surface area contributed by atoms with E-state index in [0.717, 1.165) is 23.8 Å². The second-order valence-electron chi connectivity index (χ2n) is 7.64. The van der Waals surface area contributed by atoms with Crippen molar-refractivity contribution in [1.29, 1.82) is 0 Å². The molecule has 1 aliphatic heterocycles. The van der Waals surface area contributed by atoms with Crippen LogP contribution in [0.2, 0.25) is 10.0 Å². The molecule has 3 rings (SSSR count). The van der Waals surface area contributed by atoms with Crippen molar-refractivity contribution in [2.45, 2.75) is 38.0 Å². The summed E-state index contributed by atoms with van der Waals surface area (Å²) in [5.74, 6) is -0.182. The Morgan fingerprint density at radius 1 is 1.06 bits per heavy atom. The second kappa shape index (κ2) is 10.3. The molecular formula is C22H26Cl2N2O4S. The minimum Gasteiger partial charge on any atom is -0.361 e. The molecule has 1 aliphatic rings. The van der Waals surface area contributed by atoms with Crippen LogP contribution in [-0.4, -0.2) is 44.7 Å². The van der Waals surface area contributed by atoms with Crippen molar-refractivity contribution in [2.75, 3.05) is 19.4 Å². The zero-order chi connectivity index (χ0) is 22.6. The molecule has 0 unspecified atom stereocenters. The number of nitrogens with zero attached hydrogens (tertiary/aromatic N) is 1. The van der Waals surface area contributed by atoms with E-state index < -0.39 is 22.2 Å². The lowest BCUT2D eigenvalue weighted by Gasteiger charge is -2.45. The minimum atomic E-state index is -3.40. The smallest absolute Gasteiger partial charge is 0.249 e. The first-order valence-corrected chi connectivity index (χ1v) is 12.7. The van der Waals surface area contributed by atoms with E-state index in [1.54, 1.807) is 29.2 Å². The molecule has 1 N–H and O–H groups in total. The van der Waals surface area contributed by atoms with Crippen LogP contribution in [0, 0.1) is 0 Å². The summed E-state index contributed by atoms with van der Waals surface area (Å²) in [7, 11) is -3.40. The van der Waals surface area contributed by atoms with Crippen LogP contribution in [0.15, 0.2) is 48.5 Å². The molecule has 0 saturated carbocycles. The van der Waals surface area contributed by atoms with Gasteiger partial charge in [-0.3, -0.25) is 4.79 Å². The summed E-state index contributed by atoms with van der Waals surface area (Å²) < 4.78 is 32.1. The maximum atomic E-state index is 13.1. The standard InChI is InChI=1S/C22H26Cl2N2O4S/c1-3-4-19(13-25-31(2,28)29)26-20(27)14-30-22(16-7-11-18(24)12-8-16)21(26)15-5-9-17(23)10-6-15/h5-12,19,21-22,25H,3-4,13-14H2,1-2H3/t19-,21+,22-/m0/s1. The number of hydrogen-bond donors (Lipinski definition) is 1. The molecule has 6 nitrogen and oxygen atoms in total. The highest BCUT2D eigenvalue weighted by Gasteiger charge is 2.42. The number of halogens is 2. The van der Waals surface area contributed by atoms with Gasteiger partial charge in [-0.15, -0.1) is 0 Å². The van der Waals surface area contributed by atoms with E-state index >= 15 is 0 Å². The monoisotopic (exact) mass is 484 g/mol. The molecule has 2 aromatic rings. The zero-order valence-electron chi connectivity index (χ0n) is 17.4. The van der Waals surface area contributed by atoms with E-state index in [0.29, 0.717) is 16.5 Å². The van der Waals surface area contributed by atoms with Crippen molar-refractivity contribution in [3.63, 3.8) is 0 Å². The zero-order valence-corrected chi connectivity index (χ0v) is 19.8. The molecule has 2 aromatic carbocycles. The third kappa shape index (κ3) is 6.20. The van der Waals surface area contributed by atoms with Crippen LogP contribution in [0.4, 0.5) is 0 Å². The highest BCUT2D eigenvalue weighted by atomic mass is 35.5. The van der Waals surface area contributed by atoms with Gasteiger partial charge in [-0.2, -0.15) is 0 Å². The van der Waals surface area contributed by atoms with E-state index in [4.69, 9.17) is 27.9 Å². The number of amides is 1. The summed E-state index contributed by atoms with van der Waals surface area (Å²) >= 11 is 12.2. The van der Waals surface area contributed by atoms with Gasteiger partial charge in [0.1, 0.15) is 12.7 Å². The number of carbonyl (C=O) groups excluding carboxylic acids is 1. The maximum absolute atomic E-state index is 13.1. The second-order valence-corrected chi connectivity index (χ2v) is 10.3. The first-order valence-electron chi connectivity index (χ1n) is 10.1. The lowest BCUT2D eigenvalue weighted by Crippen LogP contribution is -2.54. The van der Waals surface area contributed by atoms with Gasteiger partial charge in [-0.1, -0.05) is 60.8 Å². The molecule has 1 amide bonds. The van der Waals surface area contributed by atoms with Crippen molar-refractivity contribution >= 4 is 39.1 Å². The van der Waals surface area contributed by atoms with E-state index in [1.807, 2.05) is 31.2 Å². The molecule has 1 heterocycles. The largest absolute Gasteiger partial charge is 0.361 e. The maximum Gasteiger partial charge on any atom is 0.249 e. The highest BCUT2D eigenvalue weighted by molar-refractivity contribution is 7.88. The van der Waals surface area contributed by atoms with Crippen LogP contribution in [0.25, 0.3) is 0 Å². The van der Waals surface area contributed by atoms with Gasteiger partial charge in [0.05, 0.1) is 12.3 Å². The third-order valence-corrected chi connectivity index (χ3v) is 6.46. The van der Waals surface area contributed by atoms with Gasteiger partial charge in [0.15, 0.2) is 0 Å². The fourth-order valence-corrected chi connectivity index (χ4v) is 4.65. The molecule has 168 valence electrons. The number of benzene rings is 2. The van der Waals surface area contributed by atoms with Crippen LogP contribution in [-0.2, 0) is 19.6 Å². The van der Waals surface area contributed by atoms with E-state index in [9.17, 15) is 13.2 Å². The SMILES string of the molecule is CCC[C@@H](CNS(C)(=O)=O)N1C(=O)CO[C@@H](c2ccc(Cl)cc2)[C@H]1c1ccc(Cl)cc1. The van der Waals surface area contributed by atoms with Crippen LogP contribution >= 0.6 is 23.2 Å². The highest BCUT2D eigenvalue weighted by Crippen LogP contribution is 2.42. The molecule has 0 aromatic heterocycles. The first kappa shape index (κ1) is 24.0. The Morgan fingerprint density at radius 2 is 1.61 bits per heavy atom. The average Bonchev–Trinajstić information content (AvgIpc) is 2.72. The Labute approximate surface area is 193 Å². The number of sulfonamides is 1. The number of rotatable bonds is 8. The number of ether oxygens (including phenoxy) is 1. The van der Waals surface area contributed by atoms with Crippen LogP contribution in [0.1, 0.15) is 43.0 Å². The Balaban J connectivity index is 2.06. The van der Waals surface area contributed by atoms with E-state index in [-0.39, 0.29) is 25.1 Å². The third-order valence-electron chi connectivity index (χ3n) is 5.27. The molecule has 0 radical (unpaired) electrons. The summed E-state index contributed by atoms with van der Waals surface area (Å²) in [6.07, 6.45) is 2.11. The Kier molecular flexibility index (Phi) is 7.99. The van der Waals surface area contributed by atoms with Crippen molar-refractivity contribution in [1.82, 2.24) is 9.62 Å². The van der Waals surface area contributed by atoms with Gasteiger partial charge in [0, 0.05) is 22.6 Å². The molecule has 0 bridgehead atoms. The molecule has 1 fully saturated rings. The topological polar surface area (TPSA) is 75.7 Å². The summed E-state index contributed by atoms with van der Waals surface area (Å²) in [6, 6.07) is 13.9. The number of morpholine rings is 1. The Morgan fingerprint density at radius 3 is 2.13 bits per heavy atom. The van der Waals surface area contributed by atoms with Gasteiger partial charge < -0.3 is 9.64 Å². The van der Waals surface area contributed by atoms with E-state index in [1.165, 1.54) is 0 Å². The van der Waals surface area contributed by atoms with Crippen LogP contribution in [0.5, 0.6) is 0 Å². The molecule has 31 heavy (non-hydrogen) atoms. The van der Waals surface area contributed by atoms with Gasteiger partial charge >= 0.3 is 0 Å². The van der Waals surface area contributed by atoms with Crippen molar-refractivity contribution < 1.29 is 17.9 Å². The van der Waals surface area contributed by atoms with E-state index in [2.05, 4.69) is 4.72 Å². The molecule has 1 saturated heterocycles. The molecule has 0 aliphatic carbocycles. The fourth-order valence-electron chi connectivity index (χ4n) is 3.91. The Bertz CT molecular complexity index is 997. The van der Waals surface area contributed by atoms with Gasteiger partial charge in [-0.25, -0.2) is 13.1 Å². The van der Waals surface area contributed by atoms with Gasteiger partial charge in [-0.05, 0) is 41.8 Å².